The summed E-state index contributed by atoms with van der Waals surface area (Å²) in [6.07, 6.45) is 5.07. The fourth-order valence-electron chi connectivity index (χ4n) is 6.22. The van der Waals surface area contributed by atoms with Crippen LogP contribution < -0.4 is 5.73 Å². The summed E-state index contributed by atoms with van der Waals surface area (Å²) in [5, 5.41) is 11.1. The van der Waals surface area contributed by atoms with Crippen LogP contribution in [0.4, 0.5) is 8.78 Å². The highest BCUT2D eigenvalue weighted by molar-refractivity contribution is 6.00. The molecule has 1 aliphatic rings. The Morgan fingerprint density at radius 2 is 1.52 bits per heavy atom. The number of aliphatic hydroxyl groups is 1. The van der Waals surface area contributed by atoms with E-state index in [1.54, 1.807) is 12.1 Å². The zero-order chi connectivity index (χ0) is 31.8. The molecular formula is C36H45F2N3O3. The lowest BCUT2D eigenvalue weighted by Crippen LogP contribution is -2.46. The maximum Gasteiger partial charge on any atom is 0.254 e. The number of nitrogens with zero attached hydrogens (tertiary/aromatic N) is 2. The molecule has 0 saturated heterocycles. The van der Waals surface area contributed by atoms with E-state index in [2.05, 4.69) is 6.92 Å². The van der Waals surface area contributed by atoms with Gasteiger partial charge in [0.05, 0.1) is 6.10 Å². The summed E-state index contributed by atoms with van der Waals surface area (Å²) in [5.74, 6) is -1.86. The number of hydrogen-bond acceptors (Lipinski definition) is 4. The van der Waals surface area contributed by atoms with Gasteiger partial charge >= 0.3 is 0 Å². The molecule has 0 radical (unpaired) electrons. The van der Waals surface area contributed by atoms with Crippen LogP contribution >= 0.6 is 0 Å². The topological polar surface area (TPSA) is 86.9 Å². The first kappa shape index (κ1) is 33.3. The van der Waals surface area contributed by atoms with Gasteiger partial charge in [-0.2, -0.15) is 0 Å². The van der Waals surface area contributed by atoms with E-state index in [0.29, 0.717) is 23.2 Å². The number of benzene rings is 3. The predicted octanol–water partition coefficient (Wildman–Crippen LogP) is 6.20. The number of aliphatic hydroxyl groups excluding tert-OH is 1. The molecule has 0 unspecified atom stereocenters. The van der Waals surface area contributed by atoms with Crippen LogP contribution in [-0.2, 0) is 19.4 Å². The molecule has 3 aromatic carbocycles. The fourth-order valence-corrected chi connectivity index (χ4v) is 6.22. The van der Waals surface area contributed by atoms with E-state index in [4.69, 9.17) is 5.73 Å². The Morgan fingerprint density at radius 1 is 0.886 bits per heavy atom. The Morgan fingerprint density at radius 3 is 2.16 bits per heavy atom. The molecule has 1 aliphatic carbocycles. The van der Waals surface area contributed by atoms with Crippen molar-refractivity contribution < 1.29 is 23.5 Å². The minimum Gasteiger partial charge on any atom is -0.390 e. The Balaban J connectivity index is 1.60. The van der Waals surface area contributed by atoms with Gasteiger partial charge in [0, 0.05) is 48.9 Å². The Labute approximate surface area is 259 Å². The number of rotatable bonds is 12. The molecule has 6 nitrogen and oxygen atoms in total. The van der Waals surface area contributed by atoms with Crippen molar-refractivity contribution in [1.82, 2.24) is 9.80 Å². The number of halogens is 2. The molecule has 236 valence electrons. The van der Waals surface area contributed by atoms with Crippen LogP contribution in [0.1, 0.15) is 88.9 Å². The molecule has 44 heavy (non-hydrogen) atoms. The van der Waals surface area contributed by atoms with E-state index >= 15 is 0 Å². The van der Waals surface area contributed by atoms with Crippen molar-refractivity contribution in [3.63, 3.8) is 0 Å². The highest BCUT2D eigenvalue weighted by atomic mass is 19.1. The Kier molecular flexibility index (Phi) is 11.6. The number of hydrogen-bond donors (Lipinski definition) is 2. The van der Waals surface area contributed by atoms with Crippen LogP contribution in [-0.4, -0.2) is 58.0 Å². The number of carbonyl (C=O) groups is 2. The third kappa shape index (κ3) is 8.73. The van der Waals surface area contributed by atoms with Crippen LogP contribution in [0.3, 0.4) is 0 Å². The summed E-state index contributed by atoms with van der Waals surface area (Å²) in [6.45, 7) is 6.61. The summed E-state index contributed by atoms with van der Waals surface area (Å²) in [5.41, 5.74) is 10.2. The molecule has 0 spiro atoms. The number of amides is 2. The highest BCUT2D eigenvalue weighted by Crippen LogP contribution is 2.25. The first-order chi connectivity index (χ1) is 21.1. The number of aryl methyl sites for hydroxylation is 2. The van der Waals surface area contributed by atoms with Gasteiger partial charge in [-0.05, 0) is 92.1 Å². The standard InChI is InChI=1S/C36H45F2N3O3/c1-4-25-10-9-11-26(16-25)22-40(23-34(42)33(39)19-27-17-30(37)21-31(38)18-27)35(43)28-14-24(3)15-29(20-28)36(44)41(5-2)32-12-7-6-8-13-32/h9-11,14-18,20-21,32-34,42H,4-8,12-13,19,22-23,39H2,1-3H3/t33-,34+/m0/s1. The van der Waals surface area contributed by atoms with Gasteiger partial charge < -0.3 is 20.6 Å². The average Bonchev–Trinajstić information content (AvgIpc) is 3.00. The molecule has 2 atom stereocenters. The van der Waals surface area contributed by atoms with Crippen molar-refractivity contribution in [2.75, 3.05) is 13.1 Å². The Hall–Kier alpha value is -3.62. The zero-order valence-corrected chi connectivity index (χ0v) is 26.1. The molecule has 2 amide bonds. The molecule has 0 heterocycles. The summed E-state index contributed by atoms with van der Waals surface area (Å²) in [7, 11) is 0. The lowest BCUT2D eigenvalue weighted by atomic mass is 9.93. The van der Waals surface area contributed by atoms with Crippen molar-refractivity contribution >= 4 is 11.8 Å². The number of carbonyl (C=O) groups excluding carboxylic acids is 2. The van der Waals surface area contributed by atoms with Crippen molar-refractivity contribution in [2.45, 2.75) is 90.4 Å². The number of nitrogens with two attached hydrogens (primary N) is 1. The molecule has 8 heteroatoms. The van der Waals surface area contributed by atoms with Crippen LogP contribution in [0.15, 0.2) is 60.7 Å². The maximum absolute atomic E-state index is 14.1. The molecule has 4 rings (SSSR count). The van der Waals surface area contributed by atoms with Crippen LogP contribution in [0, 0.1) is 18.6 Å². The second-order valence-electron chi connectivity index (χ2n) is 12.0. The van der Waals surface area contributed by atoms with Gasteiger partial charge in [-0.15, -0.1) is 0 Å². The van der Waals surface area contributed by atoms with Crippen LogP contribution in [0.25, 0.3) is 0 Å². The third-order valence-corrected chi connectivity index (χ3v) is 8.54. The molecular weight excluding hydrogens is 560 g/mol. The van der Waals surface area contributed by atoms with E-state index in [-0.39, 0.29) is 37.4 Å². The second kappa shape index (κ2) is 15.4. The van der Waals surface area contributed by atoms with Crippen LogP contribution in [0.2, 0.25) is 0 Å². The molecule has 0 aliphatic heterocycles. The molecule has 0 bridgehead atoms. The van der Waals surface area contributed by atoms with Gasteiger partial charge in [-0.3, -0.25) is 9.59 Å². The lowest BCUT2D eigenvalue weighted by Gasteiger charge is -2.34. The first-order valence-electron chi connectivity index (χ1n) is 15.8. The minimum absolute atomic E-state index is 0.0281. The van der Waals surface area contributed by atoms with E-state index < -0.39 is 23.8 Å². The lowest BCUT2D eigenvalue weighted by molar-refractivity contribution is 0.0554. The van der Waals surface area contributed by atoms with Crippen LogP contribution in [0.5, 0.6) is 0 Å². The van der Waals surface area contributed by atoms with Crippen molar-refractivity contribution in [2.24, 2.45) is 5.73 Å². The van der Waals surface area contributed by atoms with Gasteiger partial charge in [-0.1, -0.05) is 50.5 Å². The van der Waals surface area contributed by atoms with Crippen molar-refractivity contribution in [3.8, 4) is 0 Å². The zero-order valence-electron chi connectivity index (χ0n) is 26.1. The quantitative estimate of drug-likeness (QED) is 0.257. The van der Waals surface area contributed by atoms with E-state index in [1.807, 2.05) is 49.1 Å². The predicted molar refractivity (Wildman–Crippen MR) is 169 cm³/mol. The Bertz CT molecular complexity index is 1420. The normalized spacial score (nSPS) is 15.1. The van der Waals surface area contributed by atoms with Gasteiger partial charge in [0.15, 0.2) is 0 Å². The van der Waals surface area contributed by atoms with Gasteiger partial charge in [0.2, 0.25) is 0 Å². The first-order valence-corrected chi connectivity index (χ1v) is 15.8. The largest absolute Gasteiger partial charge is 0.390 e. The highest BCUT2D eigenvalue weighted by Gasteiger charge is 2.28. The molecule has 1 saturated carbocycles. The van der Waals surface area contributed by atoms with Crippen molar-refractivity contribution in [1.29, 1.82) is 0 Å². The van der Waals surface area contributed by atoms with E-state index in [1.165, 1.54) is 23.5 Å². The molecule has 0 aromatic heterocycles. The summed E-state index contributed by atoms with van der Waals surface area (Å²) >= 11 is 0. The van der Waals surface area contributed by atoms with Gasteiger partial charge in [-0.25, -0.2) is 8.78 Å². The second-order valence-corrected chi connectivity index (χ2v) is 12.0. The van der Waals surface area contributed by atoms with Gasteiger partial charge in [0.25, 0.3) is 11.8 Å². The maximum atomic E-state index is 14.1. The molecule has 3 aromatic rings. The molecule has 1 fully saturated rings. The van der Waals surface area contributed by atoms with E-state index in [9.17, 15) is 23.5 Å². The van der Waals surface area contributed by atoms with Crippen molar-refractivity contribution in [3.05, 3.63) is 106 Å². The third-order valence-electron chi connectivity index (χ3n) is 8.54. The van der Waals surface area contributed by atoms with E-state index in [0.717, 1.165) is 54.9 Å². The fraction of sp³-hybridized carbons (Fsp3) is 0.444. The monoisotopic (exact) mass is 605 g/mol. The summed E-state index contributed by atoms with van der Waals surface area (Å²) in [4.78, 5) is 31.3. The minimum atomic E-state index is -1.17. The summed E-state index contributed by atoms with van der Waals surface area (Å²) < 4.78 is 27.5. The average molecular weight is 606 g/mol. The van der Waals surface area contributed by atoms with Gasteiger partial charge in [0.1, 0.15) is 11.6 Å². The SMILES string of the molecule is CCc1cccc(CN(C[C@@H](O)[C@@H](N)Cc2cc(F)cc(F)c2)C(=O)c2cc(C)cc(C(=O)N(CC)C3CCCCC3)c2)c1. The molecule has 3 N–H and O–H groups in total. The smallest absolute Gasteiger partial charge is 0.254 e. The summed E-state index contributed by atoms with van der Waals surface area (Å²) in [6, 6.07) is 15.6.